The smallest absolute Gasteiger partial charge is 0.317 e. The van der Waals surface area contributed by atoms with Crippen molar-refractivity contribution in [3.05, 3.63) is 16.6 Å². The first-order chi connectivity index (χ1) is 9.72. The summed E-state index contributed by atoms with van der Waals surface area (Å²) >= 11 is 1.63. The van der Waals surface area contributed by atoms with Crippen LogP contribution in [0.4, 0.5) is 4.79 Å². The van der Waals surface area contributed by atoms with Crippen LogP contribution < -0.4 is 5.32 Å². The van der Waals surface area contributed by atoms with E-state index in [0.717, 1.165) is 18.0 Å². The summed E-state index contributed by atoms with van der Waals surface area (Å²) < 4.78 is 5.92. The Bertz CT molecular complexity index is 447. The van der Waals surface area contributed by atoms with Gasteiger partial charge in [-0.05, 0) is 25.7 Å². The molecule has 0 aromatic carbocycles. The maximum atomic E-state index is 12.2. The third-order valence-electron chi connectivity index (χ3n) is 3.82. The maximum Gasteiger partial charge on any atom is 0.317 e. The lowest BCUT2D eigenvalue weighted by Crippen LogP contribution is -2.53. The summed E-state index contributed by atoms with van der Waals surface area (Å²) in [6.07, 6.45) is 5.47. The average Bonchev–Trinajstić information content (AvgIpc) is 3.16. The van der Waals surface area contributed by atoms with Crippen LogP contribution in [0.3, 0.4) is 0 Å². The number of urea groups is 1. The van der Waals surface area contributed by atoms with Gasteiger partial charge in [0.1, 0.15) is 0 Å². The number of carbonyl (C=O) groups is 1. The summed E-state index contributed by atoms with van der Waals surface area (Å²) in [5.41, 5.74) is 0. The molecule has 1 aromatic heterocycles. The first-order valence-electron chi connectivity index (χ1n) is 7.29. The number of nitrogens with zero attached hydrogens (tertiary/aromatic N) is 2. The van der Waals surface area contributed by atoms with Crippen molar-refractivity contribution in [2.45, 2.75) is 38.4 Å². The number of nitrogens with one attached hydrogen (secondary N) is 1. The Labute approximate surface area is 123 Å². The summed E-state index contributed by atoms with van der Waals surface area (Å²) in [6, 6.07) is 0.0300. The van der Waals surface area contributed by atoms with E-state index >= 15 is 0 Å². The molecule has 20 heavy (non-hydrogen) atoms. The lowest BCUT2D eigenvalue weighted by molar-refractivity contribution is -0.0730. The van der Waals surface area contributed by atoms with Crippen LogP contribution >= 0.6 is 11.3 Å². The van der Waals surface area contributed by atoms with Crippen LogP contribution in [0.2, 0.25) is 0 Å². The summed E-state index contributed by atoms with van der Waals surface area (Å²) in [5, 5.41) is 6.01. The van der Waals surface area contributed by atoms with Crippen LogP contribution in [-0.4, -0.2) is 47.8 Å². The highest BCUT2D eigenvalue weighted by atomic mass is 32.1. The van der Waals surface area contributed by atoms with E-state index in [1.165, 1.54) is 12.8 Å². The quantitative estimate of drug-likeness (QED) is 0.923. The summed E-state index contributed by atoms with van der Waals surface area (Å²) in [7, 11) is 0. The number of ether oxygens (including phenoxy) is 1. The summed E-state index contributed by atoms with van der Waals surface area (Å²) in [4.78, 5) is 18.3. The molecule has 1 saturated heterocycles. The third kappa shape index (κ3) is 3.49. The summed E-state index contributed by atoms with van der Waals surface area (Å²) in [6.45, 7) is 4.11. The Morgan fingerprint density at radius 3 is 3.10 bits per heavy atom. The molecule has 1 aromatic rings. The topological polar surface area (TPSA) is 54.5 Å². The van der Waals surface area contributed by atoms with Gasteiger partial charge in [-0.15, -0.1) is 11.3 Å². The Morgan fingerprint density at radius 2 is 2.40 bits per heavy atom. The van der Waals surface area contributed by atoms with Gasteiger partial charge in [-0.25, -0.2) is 9.78 Å². The van der Waals surface area contributed by atoms with E-state index in [9.17, 15) is 4.79 Å². The monoisotopic (exact) mass is 295 g/mol. The van der Waals surface area contributed by atoms with Gasteiger partial charge in [0.15, 0.2) is 0 Å². The highest BCUT2D eigenvalue weighted by Crippen LogP contribution is 2.36. The number of rotatable bonds is 4. The van der Waals surface area contributed by atoms with Crippen molar-refractivity contribution < 1.29 is 9.53 Å². The Kier molecular flexibility index (Phi) is 4.21. The molecule has 5 nitrogen and oxygen atoms in total. The predicted molar refractivity (Wildman–Crippen MR) is 77.8 cm³/mol. The van der Waals surface area contributed by atoms with Gasteiger partial charge in [-0.3, -0.25) is 0 Å². The van der Waals surface area contributed by atoms with Crippen molar-refractivity contribution in [1.29, 1.82) is 0 Å². The maximum absolute atomic E-state index is 12.2. The van der Waals surface area contributed by atoms with Gasteiger partial charge in [-0.2, -0.15) is 0 Å². The molecule has 0 spiro atoms. The van der Waals surface area contributed by atoms with Crippen LogP contribution in [0.25, 0.3) is 0 Å². The van der Waals surface area contributed by atoms with Crippen molar-refractivity contribution in [2.24, 2.45) is 5.92 Å². The van der Waals surface area contributed by atoms with Crippen LogP contribution in [0, 0.1) is 5.92 Å². The van der Waals surface area contributed by atoms with Gasteiger partial charge >= 0.3 is 6.03 Å². The fourth-order valence-electron chi connectivity index (χ4n) is 2.65. The molecule has 0 bridgehead atoms. The minimum absolute atomic E-state index is 0.0300. The van der Waals surface area contributed by atoms with Gasteiger partial charge < -0.3 is 15.0 Å². The molecule has 2 heterocycles. The minimum atomic E-state index is 0.0300. The van der Waals surface area contributed by atoms with E-state index < -0.39 is 0 Å². The van der Waals surface area contributed by atoms with Crippen molar-refractivity contribution in [3.63, 3.8) is 0 Å². The van der Waals surface area contributed by atoms with Gasteiger partial charge in [0, 0.05) is 37.6 Å². The molecular weight excluding hydrogens is 274 g/mol. The predicted octanol–water partition coefficient (Wildman–Crippen LogP) is 1.89. The molecule has 3 rings (SSSR count). The SMILES string of the molecule is C[C@H]1CN(C(=O)NCCc2nccs2)C[C@@H](C2CC2)O1. The number of thiazole rings is 1. The first kappa shape index (κ1) is 13.8. The average molecular weight is 295 g/mol. The van der Waals surface area contributed by atoms with Gasteiger partial charge in [0.05, 0.1) is 17.2 Å². The molecule has 1 aliphatic heterocycles. The molecule has 1 N–H and O–H groups in total. The van der Waals surface area contributed by atoms with E-state index in [1.54, 1.807) is 17.5 Å². The van der Waals surface area contributed by atoms with E-state index in [-0.39, 0.29) is 18.2 Å². The minimum Gasteiger partial charge on any atom is -0.371 e. The third-order valence-corrected chi connectivity index (χ3v) is 4.66. The second-order valence-corrected chi connectivity index (χ2v) is 6.61. The molecular formula is C14H21N3O2S. The number of hydrogen-bond donors (Lipinski definition) is 1. The first-order valence-corrected chi connectivity index (χ1v) is 8.17. The van der Waals surface area contributed by atoms with Crippen LogP contribution in [0.15, 0.2) is 11.6 Å². The second kappa shape index (κ2) is 6.10. The van der Waals surface area contributed by atoms with Crippen molar-refractivity contribution in [1.82, 2.24) is 15.2 Å². The zero-order valence-corrected chi connectivity index (χ0v) is 12.6. The normalized spacial score (nSPS) is 26.6. The zero-order chi connectivity index (χ0) is 13.9. The number of hydrogen-bond acceptors (Lipinski definition) is 4. The van der Waals surface area contributed by atoms with Crippen molar-refractivity contribution >= 4 is 17.4 Å². The molecule has 0 unspecified atom stereocenters. The molecule has 2 amide bonds. The van der Waals surface area contributed by atoms with E-state index in [4.69, 9.17) is 4.74 Å². The molecule has 2 atom stereocenters. The fourth-order valence-corrected chi connectivity index (χ4v) is 3.27. The fraction of sp³-hybridized carbons (Fsp3) is 0.714. The highest BCUT2D eigenvalue weighted by molar-refractivity contribution is 7.09. The van der Waals surface area contributed by atoms with E-state index in [2.05, 4.69) is 10.3 Å². The number of aromatic nitrogens is 1. The second-order valence-electron chi connectivity index (χ2n) is 5.64. The van der Waals surface area contributed by atoms with Crippen LogP contribution in [0.5, 0.6) is 0 Å². The van der Waals surface area contributed by atoms with Crippen LogP contribution in [-0.2, 0) is 11.2 Å². The molecule has 1 saturated carbocycles. The largest absolute Gasteiger partial charge is 0.371 e. The summed E-state index contributed by atoms with van der Waals surface area (Å²) in [5.74, 6) is 0.670. The van der Waals surface area contributed by atoms with Gasteiger partial charge in [-0.1, -0.05) is 0 Å². The Hall–Kier alpha value is -1.14. The zero-order valence-electron chi connectivity index (χ0n) is 11.7. The van der Waals surface area contributed by atoms with E-state index in [1.807, 2.05) is 17.2 Å². The van der Waals surface area contributed by atoms with E-state index in [0.29, 0.717) is 19.0 Å². The van der Waals surface area contributed by atoms with Gasteiger partial charge in [0.2, 0.25) is 0 Å². The van der Waals surface area contributed by atoms with Crippen molar-refractivity contribution in [3.8, 4) is 0 Å². The molecule has 6 heteroatoms. The molecule has 0 radical (unpaired) electrons. The molecule has 2 fully saturated rings. The number of amides is 2. The lowest BCUT2D eigenvalue weighted by Gasteiger charge is -2.37. The molecule has 2 aliphatic rings. The van der Waals surface area contributed by atoms with Crippen molar-refractivity contribution in [2.75, 3.05) is 19.6 Å². The number of carbonyl (C=O) groups excluding carboxylic acids is 1. The highest BCUT2D eigenvalue weighted by Gasteiger charge is 2.38. The lowest BCUT2D eigenvalue weighted by atomic mass is 10.1. The van der Waals surface area contributed by atoms with Gasteiger partial charge in [0.25, 0.3) is 0 Å². The molecule has 110 valence electrons. The Morgan fingerprint density at radius 1 is 1.55 bits per heavy atom. The van der Waals surface area contributed by atoms with Crippen LogP contribution in [0.1, 0.15) is 24.8 Å². The number of morpholine rings is 1. The molecule has 1 aliphatic carbocycles. The Balaban J connectivity index is 1.45. The standard InChI is InChI=1S/C14H21N3O2S/c1-10-8-17(9-12(19-10)11-2-3-11)14(18)16-5-4-13-15-6-7-20-13/h6-7,10-12H,2-5,8-9H2,1H3,(H,16,18)/t10-,12-/m0/s1.